The molecule has 0 saturated carbocycles. The first-order chi connectivity index (χ1) is 9.43. The molecule has 0 fully saturated rings. The summed E-state index contributed by atoms with van der Waals surface area (Å²) >= 11 is 0. The zero-order chi connectivity index (χ0) is 15.1. The molecular formula is C16H21NO3. The molecule has 1 amide bonds. The van der Waals surface area contributed by atoms with Crippen molar-refractivity contribution < 1.29 is 14.7 Å². The highest BCUT2D eigenvalue weighted by molar-refractivity contribution is 6.01. The van der Waals surface area contributed by atoms with Gasteiger partial charge in [-0.05, 0) is 32.3 Å². The minimum Gasteiger partial charge on any atom is -0.478 e. The standard InChI is InChI=1S/C16H21NO3/c1-12(13(2)16(19)20)15(18)17(3)11-7-10-14-8-5-4-6-9-14/h4-6,8-9H,7,10-11H2,1-3H3,(H,19,20). The van der Waals surface area contributed by atoms with Gasteiger partial charge in [-0.1, -0.05) is 30.3 Å². The second-order valence-corrected chi connectivity index (χ2v) is 4.87. The quantitative estimate of drug-likeness (QED) is 0.811. The van der Waals surface area contributed by atoms with E-state index >= 15 is 0 Å². The number of carboxylic acids is 1. The number of carbonyl (C=O) groups excluding carboxylic acids is 1. The van der Waals surface area contributed by atoms with Crippen molar-refractivity contribution in [3.05, 3.63) is 47.0 Å². The van der Waals surface area contributed by atoms with E-state index < -0.39 is 5.97 Å². The Morgan fingerprint density at radius 3 is 2.25 bits per heavy atom. The van der Waals surface area contributed by atoms with E-state index in [0.717, 1.165) is 12.8 Å². The van der Waals surface area contributed by atoms with Crippen LogP contribution in [-0.2, 0) is 16.0 Å². The van der Waals surface area contributed by atoms with Gasteiger partial charge in [0, 0.05) is 24.7 Å². The highest BCUT2D eigenvalue weighted by atomic mass is 16.4. The van der Waals surface area contributed by atoms with Gasteiger partial charge >= 0.3 is 5.97 Å². The molecule has 0 unspecified atom stereocenters. The summed E-state index contributed by atoms with van der Waals surface area (Å²) in [4.78, 5) is 24.4. The maximum Gasteiger partial charge on any atom is 0.331 e. The lowest BCUT2D eigenvalue weighted by atomic mass is 10.1. The fourth-order valence-corrected chi connectivity index (χ4v) is 1.87. The van der Waals surface area contributed by atoms with Crippen molar-refractivity contribution in [1.82, 2.24) is 4.90 Å². The Morgan fingerprint density at radius 2 is 1.70 bits per heavy atom. The van der Waals surface area contributed by atoms with E-state index in [2.05, 4.69) is 12.1 Å². The highest BCUT2D eigenvalue weighted by Gasteiger charge is 2.16. The van der Waals surface area contributed by atoms with Gasteiger partial charge in [0.2, 0.25) is 5.91 Å². The summed E-state index contributed by atoms with van der Waals surface area (Å²) in [5.41, 5.74) is 1.63. The fourth-order valence-electron chi connectivity index (χ4n) is 1.87. The molecular weight excluding hydrogens is 254 g/mol. The van der Waals surface area contributed by atoms with Crippen LogP contribution < -0.4 is 0 Å². The first-order valence-electron chi connectivity index (χ1n) is 6.63. The van der Waals surface area contributed by atoms with Gasteiger partial charge in [-0.15, -0.1) is 0 Å². The number of hydrogen-bond donors (Lipinski definition) is 1. The third kappa shape index (κ3) is 4.53. The van der Waals surface area contributed by atoms with Crippen LogP contribution in [0.2, 0.25) is 0 Å². The van der Waals surface area contributed by atoms with E-state index in [-0.39, 0.29) is 11.5 Å². The summed E-state index contributed by atoms with van der Waals surface area (Å²) in [5, 5.41) is 8.88. The fraction of sp³-hybridized carbons (Fsp3) is 0.375. The van der Waals surface area contributed by atoms with Gasteiger partial charge in [-0.2, -0.15) is 0 Å². The number of carbonyl (C=O) groups is 2. The van der Waals surface area contributed by atoms with Crippen molar-refractivity contribution in [2.45, 2.75) is 26.7 Å². The normalized spacial score (nSPS) is 11.8. The molecule has 0 aliphatic heterocycles. The molecule has 0 radical (unpaired) electrons. The molecule has 0 aromatic heterocycles. The lowest BCUT2D eigenvalue weighted by Gasteiger charge is -2.18. The van der Waals surface area contributed by atoms with Crippen molar-refractivity contribution in [3.63, 3.8) is 0 Å². The number of carboxylic acid groups (broad SMARTS) is 1. The first kappa shape index (κ1) is 16.0. The Morgan fingerprint density at radius 1 is 1.10 bits per heavy atom. The summed E-state index contributed by atoms with van der Waals surface area (Å²) < 4.78 is 0. The number of aryl methyl sites for hydroxylation is 1. The van der Waals surface area contributed by atoms with Crippen LogP contribution in [0, 0.1) is 0 Å². The Kier molecular flexibility index (Phi) is 5.97. The Labute approximate surface area is 119 Å². The summed E-state index contributed by atoms with van der Waals surface area (Å²) in [6.45, 7) is 3.62. The van der Waals surface area contributed by atoms with Crippen LogP contribution in [0.15, 0.2) is 41.5 Å². The van der Waals surface area contributed by atoms with Gasteiger partial charge < -0.3 is 10.0 Å². The van der Waals surface area contributed by atoms with Crippen molar-refractivity contribution in [2.75, 3.05) is 13.6 Å². The second-order valence-electron chi connectivity index (χ2n) is 4.87. The molecule has 0 aliphatic rings. The summed E-state index contributed by atoms with van der Waals surface area (Å²) in [7, 11) is 1.70. The van der Waals surface area contributed by atoms with Crippen LogP contribution in [0.5, 0.6) is 0 Å². The molecule has 20 heavy (non-hydrogen) atoms. The number of benzene rings is 1. The molecule has 0 bridgehead atoms. The zero-order valence-corrected chi connectivity index (χ0v) is 12.2. The van der Waals surface area contributed by atoms with Gasteiger partial charge in [-0.25, -0.2) is 4.79 Å². The Bertz CT molecular complexity index is 506. The zero-order valence-electron chi connectivity index (χ0n) is 12.2. The van der Waals surface area contributed by atoms with Crippen LogP contribution >= 0.6 is 0 Å². The van der Waals surface area contributed by atoms with Crippen LogP contribution in [0.4, 0.5) is 0 Å². The lowest BCUT2D eigenvalue weighted by molar-refractivity contribution is -0.133. The molecule has 1 aromatic carbocycles. The molecule has 1 N–H and O–H groups in total. The Hall–Kier alpha value is -2.10. The van der Waals surface area contributed by atoms with Crippen LogP contribution in [0.3, 0.4) is 0 Å². The third-order valence-corrected chi connectivity index (χ3v) is 3.35. The smallest absolute Gasteiger partial charge is 0.331 e. The van der Waals surface area contributed by atoms with Crippen molar-refractivity contribution in [3.8, 4) is 0 Å². The average molecular weight is 275 g/mol. The third-order valence-electron chi connectivity index (χ3n) is 3.35. The predicted octanol–water partition coefficient (Wildman–Crippen LogP) is 2.50. The SMILES string of the molecule is CC(C(=O)O)=C(C)C(=O)N(C)CCCc1ccccc1. The van der Waals surface area contributed by atoms with E-state index in [9.17, 15) is 9.59 Å². The molecule has 1 rings (SSSR count). The molecule has 1 aromatic rings. The van der Waals surface area contributed by atoms with Crippen LogP contribution in [0.1, 0.15) is 25.8 Å². The van der Waals surface area contributed by atoms with Gasteiger partial charge in [-0.3, -0.25) is 4.79 Å². The van der Waals surface area contributed by atoms with E-state index in [1.54, 1.807) is 18.9 Å². The van der Waals surface area contributed by atoms with Gasteiger partial charge in [0.15, 0.2) is 0 Å². The number of amides is 1. The molecule has 4 heteroatoms. The number of likely N-dealkylation sites (N-methyl/N-ethyl adjacent to an activating group) is 1. The van der Waals surface area contributed by atoms with Crippen molar-refractivity contribution >= 4 is 11.9 Å². The van der Waals surface area contributed by atoms with Gasteiger partial charge in [0.25, 0.3) is 0 Å². The predicted molar refractivity (Wildman–Crippen MR) is 78.4 cm³/mol. The molecule has 0 heterocycles. The van der Waals surface area contributed by atoms with E-state index in [1.165, 1.54) is 12.5 Å². The first-order valence-corrected chi connectivity index (χ1v) is 6.63. The minimum atomic E-state index is -1.05. The number of aliphatic carboxylic acids is 1. The van der Waals surface area contributed by atoms with E-state index in [1.807, 2.05) is 18.2 Å². The number of nitrogens with zero attached hydrogens (tertiary/aromatic N) is 1. The van der Waals surface area contributed by atoms with Crippen molar-refractivity contribution in [2.24, 2.45) is 0 Å². The Balaban J connectivity index is 2.51. The average Bonchev–Trinajstić information content (AvgIpc) is 2.45. The van der Waals surface area contributed by atoms with Gasteiger partial charge in [0.1, 0.15) is 0 Å². The summed E-state index contributed by atoms with van der Waals surface area (Å²) in [6.07, 6.45) is 1.75. The molecule has 0 atom stereocenters. The number of rotatable bonds is 6. The van der Waals surface area contributed by atoms with Crippen molar-refractivity contribution in [1.29, 1.82) is 0 Å². The van der Waals surface area contributed by atoms with Crippen LogP contribution in [-0.4, -0.2) is 35.5 Å². The largest absolute Gasteiger partial charge is 0.478 e. The highest BCUT2D eigenvalue weighted by Crippen LogP contribution is 2.09. The molecule has 0 saturated heterocycles. The lowest BCUT2D eigenvalue weighted by Crippen LogP contribution is -2.29. The molecule has 4 nitrogen and oxygen atoms in total. The summed E-state index contributed by atoms with van der Waals surface area (Å²) in [5.74, 6) is -1.27. The molecule has 0 aliphatic carbocycles. The minimum absolute atomic E-state index is 0.102. The monoisotopic (exact) mass is 275 g/mol. The second kappa shape index (κ2) is 7.48. The van der Waals surface area contributed by atoms with E-state index in [4.69, 9.17) is 5.11 Å². The number of hydrogen-bond acceptors (Lipinski definition) is 2. The molecule has 108 valence electrons. The topological polar surface area (TPSA) is 57.6 Å². The maximum atomic E-state index is 12.0. The summed E-state index contributed by atoms with van der Waals surface area (Å²) in [6, 6.07) is 10.1. The van der Waals surface area contributed by atoms with Gasteiger partial charge in [0.05, 0.1) is 0 Å². The molecule has 0 spiro atoms. The maximum absolute atomic E-state index is 12.0. The van der Waals surface area contributed by atoms with E-state index in [0.29, 0.717) is 12.1 Å². The van der Waals surface area contributed by atoms with Crippen LogP contribution in [0.25, 0.3) is 0 Å².